The summed E-state index contributed by atoms with van der Waals surface area (Å²) < 4.78 is 0. The van der Waals surface area contributed by atoms with Gasteiger partial charge in [-0.1, -0.05) is 12.1 Å². The number of aromatic hydroxyl groups is 1. The van der Waals surface area contributed by atoms with Crippen LogP contribution in [-0.4, -0.2) is 10.1 Å². The van der Waals surface area contributed by atoms with Crippen molar-refractivity contribution in [3.05, 3.63) is 59.9 Å². The molecule has 0 aliphatic rings. The van der Waals surface area contributed by atoms with E-state index in [0.717, 1.165) is 18.7 Å². The average Bonchev–Trinajstić information content (AvgIpc) is 2.33. The third-order valence-electron chi connectivity index (χ3n) is 2.34. The summed E-state index contributed by atoms with van der Waals surface area (Å²) in [6.45, 7) is 1.62. The molecular formula is C13H14N2O. The van der Waals surface area contributed by atoms with Gasteiger partial charge in [-0.05, 0) is 35.4 Å². The molecule has 0 saturated carbocycles. The monoisotopic (exact) mass is 214 g/mol. The Bertz CT molecular complexity index is 425. The molecule has 0 aliphatic heterocycles. The van der Waals surface area contributed by atoms with E-state index in [4.69, 9.17) is 5.11 Å². The summed E-state index contributed by atoms with van der Waals surface area (Å²) in [6.07, 6.45) is 3.58. The van der Waals surface area contributed by atoms with Crippen molar-refractivity contribution in [2.45, 2.75) is 13.1 Å². The molecule has 3 nitrogen and oxygen atoms in total. The second-order valence-corrected chi connectivity index (χ2v) is 3.63. The minimum absolute atomic E-state index is 0.304. The number of benzene rings is 1. The van der Waals surface area contributed by atoms with Crippen LogP contribution in [0.4, 0.5) is 0 Å². The summed E-state index contributed by atoms with van der Waals surface area (Å²) in [4.78, 5) is 3.97. The van der Waals surface area contributed by atoms with Gasteiger partial charge in [0.25, 0.3) is 0 Å². The Morgan fingerprint density at radius 1 is 0.875 bits per heavy atom. The van der Waals surface area contributed by atoms with Crippen LogP contribution in [0.2, 0.25) is 0 Å². The van der Waals surface area contributed by atoms with Crippen LogP contribution >= 0.6 is 0 Å². The lowest BCUT2D eigenvalue weighted by molar-refractivity contribution is 0.475. The van der Waals surface area contributed by atoms with Crippen molar-refractivity contribution in [2.75, 3.05) is 0 Å². The number of pyridine rings is 1. The first-order chi connectivity index (χ1) is 7.84. The molecule has 0 unspecified atom stereocenters. The number of hydrogen-bond donors (Lipinski definition) is 2. The van der Waals surface area contributed by atoms with E-state index in [2.05, 4.69) is 10.3 Å². The fraction of sp³-hybridized carbons (Fsp3) is 0.154. The van der Waals surface area contributed by atoms with Gasteiger partial charge < -0.3 is 10.4 Å². The van der Waals surface area contributed by atoms with Gasteiger partial charge in [0.15, 0.2) is 0 Å². The predicted molar refractivity (Wildman–Crippen MR) is 62.9 cm³/mol. The lowest BCUT2D eigenvalue weighted by Gasteiger charge is -2.04. The molecule has 0 bridgehead atoms. The normalized spacial score (nSPS) is 10.2. The Labute approximate surface area is 94.8 Å². The molecule has 1 aromatic heterocycles. The number of nitrogens with one attached hydrogen (secondary N) is 1. The molecule has 0 amide bonds. The Hall–Kier alpha value is -1.87. The van der Waals surface area contributed by atoms with Gasteiger partial charge >= 0.3 is 0 Å². The molecule has 2 aromatic rings. The summed E-state index contributed by atoms with van der Waals surface area (Å²) in [6, 6.07) is 11.2. The van der Waals surface area contributed by atoms with Gasteiger partial charge in [0.1, 0.15) is 5.75 Å². The third-order valence-corrected chi connectivity index (χ3v) is 2.34. The van der Waals surface area contributed by atoms with Crippen LogP contribution in [0.15, 0.2) is 48.8 Å². The zero-order valence-corrected chi connectivity index (χ0v) is 8.93. The molecule has 3 heteroatoms. The van der Waals surface area contributed by atoms with Crippen LogP contribution in [0.5, 0.6) is 5.75 Å². The zero-order chi connectivity index (χ0) is 11.2. The summed E-state index contributed by atoms with van der Waals surface area (Å²) >= 11 is 0. The highest BCUT2D eigenvalue weighted by atomic mass is 16.3. The van der Waals surface area contributed by atoms with E-state index in [0.29, 0.717) is 5.75 Å². The van der Waals surface area contributed by atoms with Crippen molar-refractivity contribution in [1.82, 2.24) is 10.3 Å². The maximum absolute atomic E-state index is 9.13. The number of rotatable bonds is 4. The fourth-order valence-corrected chi connectivity index (χ4v) is 1.47. The Morgan fingerprint density at radius 3 is 2.06 bits per heavy atom. The average molecular weight is 214 g/mol. The van der Waals surface area contributed by atoms with E-state index >= 15 is 0 Å². The lowest BCUT2D eigenvalue weighted by Crippen LogP contribution is -2.12. The molecule has 0 spiro atoms. The van der Waals surface area contributed by atoms with Crippen molar-refractivity contribution in [2.24, 2.45) is 0 Å². The molecular weight excluding hydrogens is 200 g/mol. The lowest BCUT2D eigenvalue weighted by atomic mass is 10.2. The molecule has 1 aromatic carbocycles. The summed E-state index contributed by atoms with van der Waals surface area (Å²) in [7, 11) is 0. The highest BCUT2D eigenvalue weighted by Crippen LogP contribution is 2.09. The Morgan fingerprint density at radius 2 is 1.44 bits per heavy atom. The minimum atomic E-state index is 0.304. The van der Waals surface area contributed by atoms with Crippen LogP contribution in [0.1, 0.15) is 11.1 Å². The molecule has 0 atom stereocenters. The second kappa shape index (κ2) is 5.28. The van der Waals surface area contributed by atoms with Crippen molar-refractivity contribution < 1.29 is 5.11 Å². The first-order valence-electron chi connectivity index (χ1n) is 5.22. The molecule has 2 N–H and O–H groups in total. The maximum atomic E-state index is 9.13. The number of hydrogen-bond acceptors (Lipinski definition) is 3. The van der Waals surface area contributed by atoms with Crippen molar-refractivity contribution in [3.63, 3.8) is 0 Å². The van der Waals surface area contributed by atoms with Gasteiger partial charge in [-0.25, -0.2) is 0 Å². The largest absolute Gasteiger partial charge is 0.508 e. The van der Waals surface area contributed by atoms with E-state index in [9.17, 15) is 0 Å². The standard InChI is InChI=1S/C13H14N2O/c16-13-3-1-11(2-4-13)9-15-10-12-5-7-14-8-6-12/h1-8,15-16H,9-10H2. The van der Waals surface area contributed by atoms with E-state index in [1.807, 2.05) is 24.3 Å². The van der Waals surface area contributed by atoms with Crippen molar-refractivity contribution in [1.29, 1.82) is 0 Å². The van der Waals surface area contributed by atoms with Crippen molar-refractivity contribution in [3.8, 4) is 5.75 Å². The highest BCUT2D eigenvalue weighted by Gasteiger charge is 1.94. The molecule has 0 saturated heterocycles. The molecule has 1 heterocycles. The first-order valence-corrected chi connectivity index (χ1v) is 5.22. The van der Waals surface area contributed by atoms with Gasteiger partial charge in [-0.3, -0.25) is 4.98 Å². The van der Waals surface area contributed by atoms with Crippen LogP contribution in [0.3, 0.4) is 0 Å². The van der Waals surface area contributed by atoms with Crippen molar-refractivity contribution >= 4 is 0 Å². The zero-order valence-electron chi connectivity index (χ0n) is 8.93. The maximum Gasteiger partial charge on any atom is 0.115 e. The van der Waals surface area contributed by atoms with Gasteiger partial charge in [0.2, 0.25) is 0 Å². The van der Waals surface area contributed by atoms with E-state index < -0.39 is 0 Å². The summed E-state index contributed by atoms with van der Waals surface area (Å²) in [5.74, 6) is 0.304. The van der Waals surface area contributed by atoms with E-state index in [1.165, 1.54) is 5.56 Å². The smallest absolute Gasteiger partial charge is 0.115 e. The molecule has 16 heavy (non-hydrogen) atoms. The number of phenolic OH excluding ortho intramolecular Hbond substituents is 1. The predicted octanol–water partition coefficient (Wildman–Crippen LogP) is 2.08. The quantitative estimate of drug-likeness (QED) is 0.819. The van der Waals surface area contributed by atoms with Gasteiger partial charge in [-0.15, -0.1) is 0 Å². The van der Waals surface area contributed by atoms with E-state index in [-0.39, 0.29) is 0 Å². The molecule has 0 fully saturated rings. The molecule has 82 valence electrons. The minimum Gasteiger partial charge on any atom is -0.508 e. The number of nitrogens with zero attached hydrogens (tertiary/aromatic N) is 1. The topological polar surface area (TPSA) is 45.1 Å². The highest BCUT2D eigenvalue weighted by molar-refractivity contribution is 5.25. The van der Waals surface area contributed by atoms with Gasteiger partial charge in [-0.2, -0.15) is 0 Å². The van der Waals surface area contributed by atoms with E-state index in [1.54, 1.807) is 24.5 Å². The fourth-order valence-electron chi connectivity index (χ4n) is 1.47. The van der Waals surface area contributed by atoms with Gasteiger partial charge in [0.05, 0.1) is 0 Å². The Balaban J connectivity index is 1.82. The molecule has 0 aliphatic carbocycles. The van der Waals surface area contributed by atoms with Crippen LogP contribution < -0.4 is 5.32 Å². The molecule has 0 radical (unpaired) electrons. The third kappa shape index (κ3) is 3.07. The molecule has 2 rings (SSSR count). The van der Waals surface area contributed by atoms with Crippen LogP contribution in [-0.2, 0) is 13.1 Å². The number of phenols is 1. The summed E-state index contributed by atoms with van der Waals surface area (Å²) in [5.41, 5.74) is 2.38. The Kier molecular flexibility index (Phi) is 3.51. The van der Waals surface area contributed by atoms with Crippen LogP contribution in [0, 0.1) is 0 Å². The number of aromatic nitrogens is 1. The summed E-state index contributed by atoms with van der Waals surface area (Å²) in [5, 5.41) is 12.5. The van der Waals surface area contributed by atoms with Crippen LogP contribution in [0.25, 0.3) is 0 Å². The van der Waals surface area contributed by atoms with Gasteiger partial charge in [0, 0.05) is 25.5 Å². The first kappa shape index (κ1) is 10.6. The second-order valence-electron chi connectivity index (χ2n) is 3.63. The SMILES string of the molecule is Oc1ccc(CNCc2ccncc2)cc1.